The molecular formula is C30H31F3N4O2S. The van der Waals surface area contributed by atoms with E-state index in [1.54, 1.807) is 18.2 Å². The van der Waals surface area contributed by atoms with Gasteiger partial charge >= 0.3 is 6.18 Å². The molecule has 0 saturated heterocycles. The third-order valence-corrected chi connectivity index (χ3v) is 8.79. The first-order chi connectivity index (χ1) is 19.0. The number of anilines is 2. The van der Waals surface area contributed by atoms with E-state index in [0.29, 0.717) is 12.0 Å². The summed E-state index contributed by atoms with van der Waals surface area (Å²) in [5, 5.41) is 4.39. The van der Waals surface area contributed by atoms with Crippen LogP contribution >= 0.6 is 0 Å². The smallest absolute Gasteiger partial charge is 0.351 e. The van der Waals surface area contributed by atoms with Gasteiger partial charge in [0.05, 0.1) is 16.0 Å². The van der Waals surface area contributed by atoms with E-state index in [9.17, 15) is 21.6 Å². The van der Waals surface area contributed by atoms with Gasteiger partial charge in [-0.25, -0.2) is 18.4 Å². The molecule has 6 nitrogen and oxygen atoms in total. The van der Waals surface area contributed by atoms with Crippen molar-refractivity contribution in [3.8, 4) is 11.1 Å². The summed E-state index contributed by atoms with van der Waals surface area (Å²) in [4.78, 5) is 8.57. The number of aromatic nitrogens is 2. The molecule has 0 spiro atoms. The van der Waals surface area contributed by atoms with Crippen molar-refractivity contribution in [1.82, 2.24) is 9.97 Å². The predicted molar refractivity (Wildman–Crippen MR) is 152 cm³/mol. The maximum Gasteiger partial charge on any atom is 0.417 e. The first-order valence-electron chi connectivity index (χ1n) is 13.4. The van der Waals surface area contributed by atoms with Crippen LogP contribution in [0.15, 0.2) is 65.7 Å². The molecule has 0 bridgehead atoms. The fourth-order valence-corrected chi connectivity index (χ4v) is 6.62. The van der Waals surface area contributed by atoms with Gasteiger partial charge in [0, 0.05) is 23.3 Å². The maximum atomic E-state index is 13.4. The lowest BCUT2D eigenvalue weighted by atomic mass is 9.95. The van der Waals surface area contributed by atoms with Crippen molar-refractivity contribution in [3.63, 3.8) is 0 Å². The average Bonchev–Trinajstić information content (AvgIpc) is 2.92. The lowest BCUT2D eigenvalue weighted by Gasteiger charge is -2.22. The number of sulfonamides is 1. The van der Waals surface area contributed by atoms with Crippen molar-refractivity contribution < 1.29 is 21.6 Å². The van der Waals surface area contributed by atoms with Crippen LogP contribution in [-0.4, -0.2) is 24.4 Å². The molecule has 0 aliphatic heterocycles. The van der Waals surface area contributed by atoms with Crippen LogP contribution in [0.3, 0.4) is 0 Å². The standard InChI is InChI=1S/C30H31F3N4O2S/c1-3-20-16-21(17-22-18-34-29(36-28(20)22)35-23-9-5-4-6-10-23)25-14-13-24(15-19(25)2)37-40(38,39)27-12-8-7-11-26(27)30(31,32)33/h7-8,11-18,23,37H,3-6,9-10H2,1-2H3,(H,34,35,36). The Labute approximate surface area is 232 Å². The van der Waals surface area contributed by atoms with Gasteiger partial charge in [0.2, 0.25) is 5.95 Å². The number of hydrogen-bond donors (Lipinski definition) is 2. The summed E-state index contributed by atoms with van der Waals surface area (Å²) in [6, 6.07) is 13.6. The average molecular weight is 569 g/mol. The number of aryl methyl sites for hydroxylation is 2. The van der Waals surface area contributed by atoms with Gasteiger partial charge < -0.3 is 5.32 Å². The maximum absolute atomic E-state index is 13.4. The highest BCUT2D eigenvalue weighted by Gasteiger charge is 2.37. The van der Waals surface area contributed by atoms with Gasteiger partial charge in [0.15, 0.2) is 0 Å². The monoisotopic (exact) mass is 568 g/mol. The minimum atomic E-state index is -4.80. The van der Waals surface area contributed by atoms with Gasteiger partial charge in [0.1, 0.15) is 0 Å². The first kappa shape index (κ1) is 27.9. The van der Waals surface area contributed by atoms with Crippen LogP contribution in [0.2, 0.25) is 0 Å². The predicted octanol–water partition coefficient (Wildman–Crippen LogP) is 7.73. The van der Waals surface area contributed by atoms with E-state index in [1.165, 1.54) is 25.3 Å². The topological polar surface area (TPSA) is 84.0 Å². The first-order valence-corrected chi connectivity index (χ1v) is 14.9. The third kappa shape index (κ3) is 5.91. The van der Waals surface area contributed by atoms with Crippen molar-refractivity contribution in [3.05, 3.63) is 77.5 Å². The molecular weight excluding hydrogens is 537 g/mol. The molecule has 0 amide bonds. The number of nitrogens with zero attached hydrogens (tertiary/aromatic N) is 2. The molecule has 210 valence electrons. The normalized spacial score (nSPS) is 14.8. The highest BCUT2D eigenvalue weighted by atomic mass is 32.2. The fourth-order valence-electron chi connectivity index (χ4n) is 5.34. The number of alkyl halides is 3. The van der Waals surface area contributed by atoms with E-state index in [4.69, 9.17) is 4.98 Å². The van der Waals surface area contributed by atoms with Crippen molar-refractivity contribution in [2.75, 3.05) is 10.0 Å². The molecule has 40 heavy (non-hydrogen) atoms. The van der Waals surface area contributed by atoms with E-state index < -0.39 is 26.7 Å². The number of nitrogens with one attached hydrogen (secondary N) is 2. The van der Waals surface area contributed by atoms with Gasteiger partial charge in [0.25, 0.3) is 10.0 Å². The molecule has 1 heterocycles. The number of halogens is 3. The Morgan fingerprint density at radius 2 is 1.75 bits per heavy atom. The second-order valence-electron chi connectivity index (χ2n) is 10.2. The lowest BCUT2D eigenvalue weighted by Crippen LogP contribution is -2.23. The second kappa shape index (κ2) is 11.1. The Kier molecular flexibility index (Phi) is 7.72. The number of benzene rings is 3. The minimum absolute atomic E-state index is 0.177. The highest BCUT2D eigenvalue weighted by Crippen LogP contribution is 2.36. The summed E-state index contributed by atoms with van der Waals surface area (Å²) >= 11 is 0. The zero-order valence-electron chi connectivity index (χ0n) is 22.3. The molecule has 1 aromatic heterocycles. The molecule has 1 fully saturated rings. The Hall–Kier alpha value is -3.66. The Bertz CT molecular complexity index is 1650. The van der Waals surface area contributed by atoms with Crippen LogP contribution in [0.25, 0.3) is 22.0 Å². The number of hydrogen-bond acceptors (Lipinski definition) is 5. The third-order valence-electron chi connectivity index (χ3n) is 7.35. The number of rotatable bonds is 7. The Morgan fingerprint density at radius 1 is 1.00 bits per heavy atom. The molecule has 1 aliphatic rings. The molecule has 1 saturated carbocycles. The molecule has 3 aromatic carbocycles. The van der Waals surface area contributed by atoms with Crippen molar-refractivity contribution in [1.29, 1.82) is 0 Å². The van der Waals surface area contributed by atoms with Crippen LogP contribution in [0.5, 0.6) is 0 Å². The summed E-state index contributed by atoms with van der Waals surface area (Å²) in [6.07, 6.45) is 3.76. The fraction of sp³-hybridized carbons (Fsp3) is 0.333. The van der Waals surface area contributed by atoms with Crippen molar-refractivity contribution in [2.24, 2.45) is 0 Å². The number of fused-ring (bicyclic) bond motifs is 1. The molecule has 2 N–H and O–H groups in total. The lowest BCUT2D eigenvalue weighted by molar-refractivity contribution is -0.139. The summed E-state index contributed by atoms with van der Waals surface area (Å²) in [5.74, 6) is 0.641. The molecule has 0 unspecified atom stereocenters. The van der Waals surface area contributed by atoms with Gasteiger partial charge in [-0.15, -0.1) is 0 Å². The van der Waals surface area contributed by atoms with Crippen LogP contribution in [0.1, 0.15) is 55.7 Å². The second-order valence-corrected chi connectivity index (χ2v) is 11.9. The van der Waals surface area contributed by atoms with Crippen molar-refractivity contribution in [2.45, 2.75) is 69.5 Å². The quantitative estimate of drug-likeness (QED) is 0.238. The molecule has 0 radical (unpaired) electrons. The summed E-state index contributed by atoms with van der Waals surface area (Å²) in [7, 11) is -4.47. The van der Waals surface area contributed by atoms with Crippen LogP contribution in [-0.2, 0) is 22.6 Å². The van der Waals surface area contributed by atoms with Gasteiger partial charge in [-0.05, 0) is 84.8 Å². The largest absolute Gasteiger partial charge is 0.417 e. The van der Waals surface area contributed by atoms with E-state index in [-0.39, 0.29) is 5.69 Å². The van der Waals surface area contributed by atoms with E-state index in [1.807, 2.05) is 19.2 Å². The van der Waals surface area contributed by atoms with Gasteiger partial charge in [-0.1, -0.05) is 44.4 Å². The van der Waals surface area contributed by atoms with Gasteiger partial charge in [-0.2, -0.15) is 13.2 Å². The summed E-state index contributed by atoms with van der Waals surface area (Å²) in [5.41, 5.74) is 3.49. The van der Waals surface area contributed by atoms with E-state index in [0.717, 1.165) is 70.6 Å². The van der Waals surface area contributed by atoms with Crippen molar-refractivity contribution >= 4 is 32.6 Å². The molecule has 10 heteroatoms. The van der Waals surface area contributed by atoms with Crippen LogP contribution in [0.4, 0.5) is 24.8 Å². The zero-order valence-corrected chi connectivity index (χ0v) is 23.2. The molecule has 1 aliphatic carbocycles. The Morgan fingerprint density at radius 3 is 2.45 bits per heavy atom. The zero-order chi connectivity index (χ0) is 28.5. The Balaban J connectivity index is 1.43. The van der Waals surface area contributed by atoms with Gasteiger partial charge in [-0.3, -0.25) is 4.72 Å². The minimum Gasteiger partial charge on any atom is -0.351 e. The summed E-state index contributed by atoms with van der Waals surface area (Å²) in [6.45, 7) is 3.90. The molecule has 4 aromatic rings. The van der Waals surface area contributed by atoms with Crippen LogP contribution < -0.4 is 10.0 Å². The molecule has 5 rings (SSSR count). The summed E-state index contributed by atoms with van der Waals surface area (Å²) < 4.78 is 68.3. The van der Waals surface area contributed by atoms with Crippen LogP contribution in [0, 0.1) is 6.92 Å². The molecule has 0 atom stereocenters. The highest BCUT2D eigenvalue weighted by molar-refractivity contribution is 7.92. The SMILES string of the molecule is CCc1cc(-c2ccc(NS(=O)(=O)c3ccccc3C(F)(F)F)cc2C)cc2cnc(NC3CCCCC3)nc12. The van der Waals surface area contributed by atoms with E-state index >= 15 is 0 Å². The van der Waals surface area contributed by atoms with E-state index in [2.05, 4.69) is 28.0 Å².